The minimum absolute atomic E-state index is 0.0224. The van der Waals surface area contributed by atoms with Gasteiger partial charge in [-0.15, -0.1) is 10.2 Å². The van der Waals surface area contributed by atoms with Crippen LogP contribution in [0.1, 0.15) is 24.3 Å². The van der Waals surface area contributed by atoms with E-state index in [-0.39, 0.29) is 25.1 Å². The quantitative estimate of drug-likeness (QED) is 0.595. The highest BCUT2D eigenvalue weighted by atomic mass is 35.5. The molecule has 28 heavy (non-hydrogen) atoms. The lowest BCUT2D eigenvalue weighted by Crippen LogP contribution is -2.36. The van der Waals surface area contributed by atoms with E-state index in [0.717, 1.165) is 18.4 Å². The molecule has 3 aromatic rings. The Kier molecular flexibility index (Phi) is 5.30. The molecule has 0 N–H and O–H groups in total. The van der Waals surface area contributed by atoms with E-state index < -0.39 is 0 Å². The van der Waals surface area contributed by atoms with Gasteiger partial charge in [-0.1, -0.05) is 35.9 Å². The van der Waals surface area contributed by atoms with Crippen molar-refractivity contribution in [3.05, 3.63) is 65.0 Å². The zero-order valence-electron chi connectivity index (χ0n) is 15.5. The number of carbonyl (C=O) groups is 1. The second kappa shape index (κ2) is 8.02. The maximum absolute atomic E-state index is 12.7. The SMILES string of the molecule is Cc1cccc(OCC(=O)N(Cc2nnc(-c3ccccc3Cl)o2)C2CC2)c1. The van der Waals surface area contributed by atoms with Crippen molar-refractivity contribution in [3.63, 3.8) is 0 Å². The Labute approximate surface area is 168 Å². The highest BCUT2D eigenvalue weighted by Crippen LogP contribution is 2.30. The monoisotopic (exact) mass is 397 g/mol. The minimum Gasteiger partial charge on any atom is -0.484 e. The Morgan fingerprint density at radius 2 is 2.04 bits per heavy atom. The Balaban J connectivity index is 1.43. The Hall–Kier alpha value is -2.86. The molecule has 1 amide bonds. The predicted octanol–water partition coefficient (Wildman–Crippen LogP) is 4.27. The molecule has 1 aromatic heterocycles. The number of hydrogen-bond donors (Lipinski definition) is 0. The summed E-state index contributed by atoms with van der Waals surface area (Å²) in [5.74, 6) is 1.31. The van der Waals surface area contributed by atoms with Crippen LogP contribution in [0.3, 0.4) is 0 Å². The lowest BCUT2D eigenvalue weighted by atomic mass is 10.2. The molecule has 1 fully saturated rings. The van der Waals surface area contributed by atoms with Gasteiger partial charge in [-0.25, -0.2) is 0 Å². The normalized spacial score (nSPS) is 13.4. The van der Waals surface area contributed by atoms with E-state index in [1.807, 2.05) is 49.4 Å². The van der Waals surface area contributed by atoms with E-state index in [1.165, 1.54) is 0 Å². The van der Waals surface area contributed by atoms with Crippen LogP contribution in [-0.4, -0.2) is 33.7 Å². The van der Waals surface area contributed by atoms with Crippen LogP contribution < -0.4 is 4.74 Å². The third-order valence-electron chi connectivity index (χ3n) is 4.54. The Morgan fingerprint density at radius 1 is 1.21 bits per heavy atom. The molecule has 1 aliphatic carbocycles. The molecule has 4 rings (SSSR count). The molecule has 1 heterocycles. The molecule has 7 heteroatoms. The number of ether oxygens (including phenoxy) is 1. The maximum atomic E-state index is 12.7. The fraction of sp³-hybridized carbons (Fsp3) is 0.286. The van der Waals surface area contributed by atoms with Gasteiger partial charge in [0.25, 0.3) is 5.91 Å². The third kappa shape index (κ3) is 4.34. The summed E-state index contributed by atoms with van der Waals surface area (Å²) in [6, 6.07) is 15.1. The first kappa shape index (κ1) is 18.5. The summed E-state index contributed by atoms with van der Waals surface area (Å²) in [4.78, 5) is 14.5. The van der Waals surface area contributed by atoms with E-state index >= 15 is 0 Å². The summed E-state index contributed by atoms with van der Waals surface area (Å²) in [5.41, 5.74) is 1.76. The van der Waals surface area contributed by atoms with E-state index in [9.17, 15) is 4.79 Å². The van der Waals surface area contributed by atoms with Crippen molar-refractivity contribution in [2.75, 3.05) is 6.61 Å². The Bertz CT molecular complexity index is 984. The number of hydrogen-bond acceptors (Lipinski definition) is 5. The highest BCUT2D eigenvalue weighted by molar-refractivity contribution is 6.33. The van der Waals surface area contributed by atoms with Crippen LogP contribution in [-0.2, 0) is 11.3 Å². The van der Waals surface area contributed by atoms with Crippen LogP contribution >= 0.6 is 11.6 Å². The summed E-state index contributed by atoms with van der Waals surface area (Å²) in [6.45, 7) is 2.22. The van der Waals surface area contributed by atoms with E-state index in [0.29, 0.717) is 28.1 Å². The summed E-state index contributed by atoms with van der Waals surface area (Å²) >= 11 is 6.19. The standard InChI is InChI=1S/C21H20ClN3O3/c1-14-5-4-6-16(11-14)27-13-20(26)25(15-9-10-15)12-19-23-24-21(28-19)17-7-2-3-8-18(17)22/h2-8,11,15H,9-10,12-13H2,1H3. The maximum Gasteiger partial charge on any atom is 0.261 e. The fourth-order valence-corrected chi connectivity index (χ4v) is 3.16. The number of aryl methyl sites for hydroxylation is 1. The van der Waals surface area contributed by atoms with Crippen LogP contribution in [0, 0.1) is 6.92 Å². The van der Waals surface area contributed by atoms with Gasteiger partial charge in [0.2, 0.25) is 11.8 Å². The van der Waals surface area contributed by atoms with Crippen molar-refractivity contribution in [2.24, 2.45) is 0 Å². The molecule has 144 valence electrons. The molecule has 1 aliphatic rings. The van der Waals surface area contributed by atoms with Crippen LogP contribution in [0.5, 0.6) is 5.75 Å². The van der Waals surface area contributed by atoms with Crippen molar-refractivity contribution in [1.29, 1.82) is 0 Å². The van der Waals surface area contributed by atoms with Crippen LogP contribution in [0.2, 0.25) is 5.02 Å². The van der Waals surface area contributed by atoms with Crippen LogP contribution in [0.25, 0.3) is 11.5 Å². The van der Waals surface area contributed by atoms with Gasteiger partial charge in [0, 0.05) is 6.04 Å². The van der Waals surface area contributed by atoms with E-state index in [2.05, 4.69) is 10.2 Å². The summed E-state index contributed by atoms with van der Waals surface area (Å²) < 4.78 is 11.4. The number of halogens is 1. The van der Waals surface area contributed by atoms with Crippen molar-refractivity contribution < 1.29 is 13.9 Å². The van der Waals surface area contributed by atoms with Gasteiger partial charge in [0.05, 0.1) is 17.1 Å². The zero-order valence-corrected chi connectivity index (χ0v) is 16.2. The first-order chi connectivity index (χ1) is 13.6. The van der Waals surface area contributed by atoms with Crippen molar-refractivity contribution in [1.82, 2.24) is 15.1 Å². The first-order valence-electron chi connectivity index (χ1n) is 9.16. The Morgan fingerprint density at radius 3 is 2.79 bits per heavy atom. The molecule has 0 bridgehead atoms. The molecule has 6 nitrogen and oxygen atoms in total. The van der Waals surface area contributed by atoms with Gasteiger partial charge in [0.1, 0.15) is 5.75 Å². The summed E-state index contributed by atoms with van der Waals surface area (Å²) in [5, 5.41) is 8.70. The molecule has 2 aromatic carbocycles. The minimum atomic E-state index is -0.0958. The molecule has 0 atom stereocenters. The van der Waals surface area contributed by atoms with Crippen molar-refractivity contribution >= 4 is 17.5 Å². The lowest BCUT2D eigenvalue weighted by Gasteiger charge is -2.20. The second-order valence-corrected chi connectivity index (χ2v) is 7.25. The molecule has 0 aliphatic heterocycles. The van der Waals surface area contributed by atoms with Gasteiger partial charge in [-0.3, -0.25) is 4.79 Å². The average molecular weight is 398 g/mol. The number of nitrogens with zero attached hydrogens (tertiary/aromatic N) is 3. The van der Waals surface area contributed by atoms with Crippen molar-refractivity contribution in [3.8, 4) is 17.2 Å². The zero-order chi connectivity index (χ0) is 19.5. The first-order valence-corrected chi connectivity index (χ1v) is 9.54. The van der Waals surface area contributed by atoms with Gasteiger partial charge in [-0.05, 0) is 49.6 Å². The van der Waals surface area contributed by atoms with Crippen molar-refractivity contribution in [2.45, 2.75) is 32.4 Å². The van der Waals surface area contributed by atoms with Gasteiger partial charge < -0.3 is 14.1 Å². The largest absolute Gasteiger partial charge is 0.484 e. The third-order valence-corrected chi connectivity index (χ3v) is 4.87. The van der Waals surface area contributed by atoms with Gasteiger partial charge >= 0.3 is 0 Å². The molecular weight excluding hydrogens is 378 g/mol. The molecule has 0 spiro atoms. The predicted molar refractivity (Wildman–Crippen MR) is 105 cm³/mol. The number of aromatic nitrogens is 2. The number of carbonyl (C=O) groups excluding carboxylic acids is 1. The second-order valence-electron chi connectivity index (χ2n) is 6.84. The molecule has 0 unspecified atom stereocenters. The fourth-order valence-electron chi connectivity index (χ4n) is 2.95. The molecular formula is C21H20ClN3O3. The topological polar surface area (TPSA) is 68.5 Å². The number of amides is 1. The van der Waals surface area contributed by atoms with Gasteiger partial charge in [0.15, 0.2) is 6.61 Å². The lowest BCUT2D eigenvalue weighted by molar-refractivity contribution is -0.134. The van der Waals surface area contributed by atoms with E-state index in [4.69, 9.17) is 20.8 Å². The summed E-state index contributed by atoms with van der Waals surface area (Å²) in [7, 11) is 0. The summed E-state index contributed by atoms with van der Waals surface area (Å²) in [6.07, 6.45) is 1.95. The van der Waals surface area contributed by atoms with Crippen LogP contribution in [0.15, 0.2) is 52.9 Å². The molecule has 1 saturated carbocycles. The highest BCUT2D eigenvalue weighted by Gasteiger charge is 2.34. The average Bonchev–Trinajstić information content (AvgIpc) is 3.43. The molecule has 0 saturated heterocycles. The van der Waals surface area contributed by atoms with Gasteiger partial charge in [-0.2, -0.15) is 0 Å². The smallest absolute Gasteiger partial charge is 0.261 e. The number of rotatable bonds is 7. The molecule has 0 radical (unpaired) electrons. The van der Waals surface area contributed by atoms with E-state index in [1.54, 1.807) is 11.0 Å². The number of benzene rings is 2. The van der Waals surface area contributed by atoms with Crippen LogP contribution in [0.4, 0.5) is 0 Å².